The number of hydrogen-bond donors (Lipinski definition) is 1. The number of nitro groups is 1. The number of fused-ring (bicyclic) bond motifs is 8. The Morgan fingerprint density at radius 3 is 1.49 bits per heavy atom. The van der Waals surface area contributed by atoms with Crippen LogP contribution in [0.25, 0.3) is 87.6 Å². The summed E-state index contributed by atoms with van der Waals surface area (Å²) < 4.78 is 3.29. The second-order valence-electron chi connectivity index (χ2n) is 20.6. The molecule has 10 rings (SSSR count). The summed E-state index contributed by atoms with van der Waals surface area (Å²) in [5, 5.41) is 19.0. The van der Waals surface area contributed by atoms with Gasteiger partial charge in [-0.25, -0.2) is 9.97 Å². The van der Waals surface area contributed by atoms with E-state index in [0.29, 0.717) is 44.3 Å². The van der Waals surface area contributed by atoms with Crippen molar-refractivity contribution in [2.24, 2.45) is 0 Å². The molecule has 0 unspecified atom stereocenters. The number of aryl methyl sites for hydroxylation is 1. The maximum Gasteiger partial charge on any atom is 0.299 e. The van der Waals surface area contributed by atoms with Crippen molar-refractivity contribution in [3.63, 3.8) is 0 Å². The molecule has 72 heavy (non-hydrogen) atoms. The van der Waals surface area contributed by atoms with E-state index in [2.05, 4.69) is 24.8 Å². The fourth-order valence-electron chi connectivity index (χ4n) is 11.8. The molecule has 0 aliphatic carbocycles. The number of hydrogen-bond acceptors (Lipinski definition) is 8. The van der Waals surface area contributed by atoms with E-state index in [-0.39, 0.29) is 27.2 Å². The molecule has 10 aromatic rings. The monoisotopic (exact) mass is 964 g/mol. The van der Waals surface area contributed by atoms with Gasteiger partial charge in [0.15, 0.2) is 5.52 Å². The van der Waals surface area contributed by atoms with Crippen molar-refractivity contribution in [1.82, 2.24) is 18.8 Å². The SMILES string of the molecule is CCCCCCCCCCCCN(CCCCCCCCCCCC)c1cc([N+](=O)[O-])c2nc3c4ccc(-c5ccc6c(=O)n7c8cc(C)cc(N)c8nc7c7cccc5c67)c5cccc(c(=O)n3c2c1)c54. The minimum Gasteiger partial charge on any atom is -0.397 e. The smallest absolute Gasteiger partial charge is 0.299 e. The van der Waals surface area contributed by atoms with Crippen LogP contribution in [0.3, 0.4) is 0 Å². The van der Waals surface area contributed by atoms with Gasteiger partial charge in [0, 0.05) is 57.2 Å². The summed E-state index contributed by atoms with van der Waals surface area (Å²) >= 11 is 0. The van der Waals surface area contributed by atoms with Crippen molar-refractivity contribution in [2.75, 3.05) is 23.7 Å². The zero-order valence-corrected chi connectivity index (χ0v) is 42.5. The number of pyridine rings is 2. The second kappa shape index (κ2) is 21.5. The lowest BCUT2D eigenvalue weighted by Crippen LogP contribution is -2.26. The summed E-state index contributed by atoms with van der Waals surface area (Å²) in [6.07, 6.45) is 24.8. The van der Waals surface area contributed by atoms with Crippen LogP contribution in [0, 0.1) is 17.0 Å². The van der Waals surface area contributed by atoms with Gasteiger partial charge in [-0.15, -0.1) is 0 Å². The zero-order valence-electron chi connectivity index (χ0n) is 42.5. The van der Waals surface area contributed by atoms with E-state index < -0.39 is 0 Å². The Morgan fingerprint density at radius 2 is 0.958 bits per heavy atom. The maximum atomic E-state index is 15.0. The normalized spacial score (nSPS) is 12.2. The lowest BCUT2D eigenvalue weighted by molar-refractivity contribution is -0.383. The first-order valence-electron chi connectivity index (χ1n) is 27.2. The number of anilines is 2. The average molecular weight is 964 g/mol. The van der Waals surface area contributed by atoms with Crippen molar-refractivity contribution >= 4 is 93.5 Å². The average Bonchev–Trinajstić information content (AvgIpc) is 3.97. The van der Waals surface area contributed by atoms with E-state index in [0.717, 1.165) is 93.5 Å². The summed E-state index contributed by atoms with van der Waals surface area (Å²) in [5.74, 6) is 0. The fourth-order valence-corrected chi connectivity index (χ4v) is 11.8. The van der Waals surface area contributed by atoms with Crippen LogP contribution in [0.15, 0.2) is 94.5 Å². The van der Waals surface area contributed by atoms with Crippen LogP contribution < -0.4 is 21.8 Å². The van der Waals surface area contributed by atoms with Crippen LogP contribution in [0.5, 0.6) is 0 Å². The van der Waals surface area contributed by atoms with E-state index in [4.69, 9.17) is 15.7 Å². The van der Waals surface area contributed by atoms with Crippen LogP contribution in [-0.2, 0) is 0 Å². The number of nitrogen functional groups attached to an aromatic ring is 1. The van der Waals surface area contributed by atoms with Crippen LogP contribution in [-0.4, -0.2) is 36.8 Å². The van der Waals surface area contributed by atoms with Crippen molar-refractivity contribution < 1.29 is 4.92 Å². The molecule has 0 saturated heterocycles. The molecule has 0 fully saturated rings. The van der Waals surface area contributed by atoms with Gasteiger partial charge in [-0.1, -0.05) is 172 Å². The van der Waals surface area contributed by atoms with Crippen LogP contribution in [0.2, 0.25) is 0 Å². The molecule has 0 amide bonds. The number of nitrogens with two attached hydrogens (primary N) is 1. The van der Waals surface area contributed by atoms with Gasteiger partial charge < -0.3 is 10.6 Å². The molecule has 0 spiro atoms. The van der Waals surface area contributed by atoms with Crippen molar-refractivity contribution in [1.29, 1.82) is 0 Å². The molecule has 372 valence electrons. The third-order valence-electron chi connectivity index (χ3n) is 15.5. The molecule has 2 N–H and O–H groups in total. The summed E-state index contributed by atoms with van der Waals surface area (Å²) in [6.45, 7) is 8.08. The predicted octanol–water partition coefficient (Wildman–Crippen LogP) is 15.6. The summed E-state index contributed by atoms with van der Waals surface area (Å²) in [7, 11) is 0. The summed E-state index contributed by atoms with van der Waals surface area (Å²) in [6, 6.07) is 27.2. The highest BCUT2D eigenvalue weighted by Gasteiger charge is 2.26. The summed E-state index contributed by atoms with van der Waals surface area (Å²) in [5.41, 5.74) is 12.9. The minimum atomic E-state index is -0.339. The molecule has 6 aromatic carbocycles. The minimum absolute atomic E-state index is 0.0880. The molecule has 0 aliphatic heterocycles. The molecular weight excluding hydrogens is 895 g/mol. The molecule has 0 aliphatic rings. The van der Waals surface area contributed by atoms with Crippen molar-refractivity contribution in [3.05, 3.63) is 121 Å². The first-order valence-corrected chi connectivity index (χ1v) is 27.2. The molecule has 4 aromatic heterocycles. The molecule has 11 heteroatoms. The van der Waals surface area contributed by atoms with Gasteiger partial charge in [0.2, 0.25) is 0 Å². The molecular formula is C61H69N7O4. The highest BCUT2D eigenvalue weighted by molar-refractivity contribution is 6.24. The van der Waals surface area contributed by atoms with Gasteiger partial charge >= 0.3 is 0 Å². The third-order valence-corrected chi connectivity index (χ3v) is 15.5. The fraction of sp³-hybridized carbons (Fsp3) is 0.410. The number of imidazole rings is 2. The first-order chi connectivity index (χ1) is 35.2. The van der Waals surface area contributed by atoms with E-state index >= 15 is 4.79 Å². The lowest BCUT2D eigenvalue weighted by Gasteiger charge is -2.25. The van der Waals surface area contributed by atoms with Gasteiger partial charge in [-0.3, -0.25) is 28.5 Å². The zero-order chi connectivity index (χ0) is 49.9. The van der Waals surface area contributed by atoms with Gasteiger partial charge in [0.05, 0.1) is 21.6 Å². The standard InChI is InChI=1S/C61H69N7O4/c1-4-6-8-10-12-14-16-18-20-22-34-65(35-23-21-19-17-15-13-11-9-7-5-2)41-38-52-57(53(39-41)68(71)72)64-59-47-32-30-42(45-27-25-29-48(55(45)47)60(69)67(52)59)43-31-33-49-54-44(43)26-24-28-46(54)58-63-56-50(62)36-40(3)37-51(56)66(58)61(49)70/h24-33,36-39H,4-23,34-35,62H2,1-3H3. The van der Waals surface area contributed by atoms with Crippen molar-refractivity contribution in [3.8, 4) is 11.1 Å². The Balaban J connectivity index is 1.01. The number of unbranched alkanes of at least 4 members (excludes halogenated alkanes) is 18. The number of rotatable bonds is 25. The van der Waals surface area contributed by atoms with Gasteiger partial charge in [-0.05, 0) is 83.6 Å². The van der Waals surface area contributed by atoms with E-state index in [1.54, 1.807) is 14.9 Å². The first kappa shape index (κ1) is 48.7. The number of aromatic nitrogens is 4. The number of nitrogens with zero attached hydrogens (tertiary/aromatic N) is 6. The van der Waals surface area contributed by atoms with Crippen molar-refractivity contribution in [2.45, 2.75) is 149 Å². The number of nitro benzene ring substituents is 1. The van der Waals surface area contributed by atoms with Crippen LogP contribution >= 0.6 is 0 Å². The second-order valence-corrected chi connectivity index (χ2v) is 20.6. The quantitative estimate of drug-likeness (QED) is 0.0258. The third kappa shape index (κ3) is 9.15. The van der Waals surface area contributed by atoms with Gasteiger partial charge in [0.1, 0.15) is 16.8 Å². The Bertz CT molecular complexity index is 3680. The van der Waals surface area contributed by atoms with E-state index in [1.807, 2.05) is 79.7 Å². The Morgan fingerprint density at radius 1 is 0.528 bits per heavy atom. The molecule has 4 heterocycles. The van der Waals surface area contributed by atoms with Crippen LogP contribution in [0.4, 0.5) is 17.1 Å². The van der Waals surface area contributed by atoms with Gasteiger partial charge in [0.25, 0.3) is 16.8 Å². The highest BCUT2D eigenvalue weighted by Crippen LogP contribution is 2.42. The molecule has 11 nitrogen and oxygen atoms in total. The summed E-state index contributed by atoms with van der Waals surface area (Å²) in [4.78, 5) is 54.4. The van der Waals surface area contributed by atoms with E-state index in [9.17, 15) is 14.9 Å². The topological polar surface area (TPSA) is 141 Å². The highest BCUT2D eigenvalue weighted by atomic mass is 16.6. The molecule has 0 bridgehead atoms. The lowest BCUT2D eigenvalue weighted by atomic mass is 9.90. The Labute approximate surface area is 420 Å². The maximum absolute atomic E-state index is 15.0. The van der Waals surface area contributed by atoms with Gasteiger partial charge in [-0.2, -0.15) is 0 Å². The largest absolute Gasteiger partial charge is 0.397 e. The van der Waals surface area contributed by atoms with Crippen LogP contribution in [0.1, 0.15) is 148 Å². The van der Waals surface area contributed by atoms with E-state index in [1.165, 1.54) is 103 Å². The molecule has 0 atom stereocenters. The Kier molecular flexibility index (Phi) is 14.5. The number of non-ortho nitro benzene ring substituents is 1. The number of benzene rings is 6. The predicted molar refractivity (Wildman–Crippen MR) is 301 cm³/mol. The molecule has 0 saturated carbocycles. The molecule has 0 radical (unpaired) electrons. The Hall–Kier alpha value is -6.88.